The summed E-state index contributed by atoms with van der Waals surface area (Å²) in [5.74, 6) is 3.02. The van der Waals surface area contributed by atoms with Gasteiger partial charge in [-0.2, -0.15) is 0 Å². The van der Waals surface area contributed by atoms with Gasteiger partial charge in [0.2, 0.25) is 0 Å². The molecule has 30 heavy (non-hydrogen) atoms. The Hall–Kier alpha value is -2.34. The highest BCUT2D eigenvalue weighted by molar-refractivity contribution is 5.53. The lowest BCUT2D eigenvalue weighted by molar-refractivity contribution is 0.177. The minimum atomic E-state index is 0.486. The van der Waals surface area contributed by atoms with E-state index < -0.39 is 0 Å². The van der Waals surface area contributed by atoms with Crippen LogP contribution in [0.1, 0.15) is 57.6 Å². The highest BCUT2D eigenvalue weighted by Gasteiger charge is 2.25. The predicted octanol–water partition coefficient (Wildman–Crippen LogP) is 4.32. The average Bonchev–Trinajstić information content (AvgIpc) is 2.81. The van der Waals surface area contributed by atoms with Crippen LogP contribution in [0.5, 0.6) is 0 Å². The van der Waals surface area contributed by atoms with Crippen molar-refractivity contribution in [1.82, 2.24) is 24.8 Å². The first-order chi connectivity index (χ1) is 14.8. The topological polar surface area (TPSA) is 58.0 Å². The molecule has 0 bridgehead atoms. The summed E-state index contributed by atoms with van der Waals surface area (Å²) >= 11 is 0. The van der Waals surface area contributed by atoms with E-state index in [4.69, 9.17) is 9.97 Å². The summed E-state index contributed by atoms with van der Waals surface area (Å²) in [6.45, 7) is 9.78. The molecule has 160 valence electrons. The summed E-state index contributed by atoms with van der Waals surface area (Å²) in [5, 5.41) is 0. The van der Waals surface area contributed by atoms with Crippen molar-refractivity contribution in [2.24, 2.45) is 5.92 Å². The number of allylic oxidation sites excluding steroid dienone is 2. The molecule has 1 aliphatic carbocycles. The normalized spacial score (nSPS) is 20.4. The SMILES string of the molecule is CCN(CC)c1cc(C2CCN(C[C@@H]3CC=CCC3)CC2)nc(-c2cnccn2)n1. The van der Waals surface area contributed by atoms with Crippen LogP contribution in [0.4, 0.5) is 5.82 Å². The lowest BCUT2D eigenvalue weighted by Crippen LogP contribution is -2.37. The summed E-state index contributed by atoms with van der Waals surface area (Å²) in [7, 11) is 0. The van der Waals surface area contributed by atoms with Crippen LogP contribution in [0.15, 0.2) is 36.8 Å². The molecule has 6 heteroatoms. The molecule has 3 heterocycles. The number of hydrogen-bond acceptors (Lipinski definition) is 6. The van der Waals surface area contributed by atoms with Crippen LogP contribution in [0.25, 0.3) is 11.5 Å². The van der Waals surface area contributed by atoms with E-state index in [1.165, 1.54) is 25.8 Å². The number of nitrogens with zero attached hydrogens (tertiary/aromatic N) is 6. The smallest absolute Gasteiger partial charge is 0.182 e. The van der Waals surface area contributed by atoms with Gasteiger partial charge in [-0.3, -0.25) is 4.98 Å². The molecule has 1 aliphatic heterocycles. The van der Waals surface area contributed by atoms with Crippen molar-refractivity contribution in [2.75, 3.05) is 37.6 Å². The minimum Gasteiger partial charge on any atom is -0.357 e. The van der Waals surface area contributed by atoms with E-state index in [-0.39, 0.29) is 0 Å². The van der Waals surface area contributed by atoms with E-state index in [2.05, 4.69) is 51.8 Å². The predicted molar refractivity (Wildman–Crippen MR) is 122 cm³/mol. The molecule has 2 aliphatic rings. The van der Waals surface area contributed by atoms with Crippen LogP contribution < -0.4 is 4.90 Å². The molecule has 0 radical (unpaired) electrons. The first-order valence-electron chi connectivity index (χ1n) is 11.5. The lowest BCUT2D eigenvalue weighted by atomic mass is 9.90. The Bertz CT molecular complexity index is 825. The molecule has 0 spiro atoms. The van der Waals surface area contributed by atoms with Gasteiger partial charge in [-0.1, -0.05) is 12.2 Å². The molecule has 0 unspecified atom stereocenters. The average molecular weight is 407 g/mol. The molecule has 2 aromatic rings. The van der Waals surface area contributed by atoms with Crippen LogP contribution in [0, 0.1) is 5.92 Å². The Morgan fingerprint density at radius 2 is 1.87 bits per heavy atom. The Balaban J connectivity index is 1.50. The summed E-state index contributed by atoms with van der Waals surface area (Å²) < 4.78 is 0. The van der Waals surface area contributed by atoms with E-state index >= 15 is 0 Å². The van der Waals surface area contributed by atoms with Crippen LogP contribution >= 0.6 is 0 Å². The highest BCUT2D eigenvalue weighted by Crippen LogP contribution is 2.31. The van der Waals surface area contributed by atoms with Crippen molar-refractivity contribution in [3.63, 3.8) is 0 Å². The standard InChI is InChI=1S/C24H34N6/c1-3-30(4-2)23-16-21(27-24(28-23)22-17-25-12-13-26-22)20-10-14-29(15-11-20)18-19-8-6-5-7-9-19/h5-6,12-13,16-17,19-20H,3-4,7-11,14-15,18H2,1-2H3/t19-/m1/s1. The zero-order valence-electron chi connectivity index (χ0n) is 18.4. The number of rotatable bonds is 7. The Kier molecular flexibility index (Phi) is 7.05. The third kappa shape index (κ3) is 5.04. The Labute approximate surface area is 180 Å². The van der Waals surface area contributed by atoms with Gasteiger partial charge in [0.1, 0.15) is 11.5 Å². The van der Waals surface area contributed by atoms with Gasteiger partial charge in [0.15, 0.2) is 5.82 Å². The second-order valence-electron chi connectivity index (χ2n) is 8.46. The molecule has 1 atom stereocenters. The maximum Gasteiger partial charge on any atom is 0.182 e. The quantitative estimate of drug-likeness (QED) is 0.639. The van der Waals surface area contributed by atoms with Gasteiger partial charge in [-0.25, -0.2) is 15.0 Å². The van der Waals surface area contributed by atoms with E-state index in [9.17, 15) is 0 Å². The first-order valence-corrected chi connectivity index (χ1v) is 11.5. The number of aromatic nitrogens is 4. The fourth-order valence-electron chi connectivity index (χ4n) is 4.70. The summed E-state index contributed by atoms with van der Waals surface area (Å²) in [5.41, 5.74) is 1.91. The summed E-state index contributed by atoms with van der Waals surface area (Å²) in [4.78, 5) is 23.4. The fourth-order valence-corrected chi connectivity index (χ4v) is 4.70. The third-order valence-electron chi connectivity index (χ3n) is 6.51. The van der Waals surface area contributed by atoms with Crippen LogP contribution in [0.3, 0.4) is 0 Å². The van der Waals surface area contributed by atoms with Crippen molar-refractivity contribution in [1.29, 1.82) is 0 Å². The highest BCUT2D eigenvalue weighted by atomic mass is 15.2. The van der Waals surface area contributed by atoms with Crippen molar-refractivity contribution in [2.45, 2.75) is 51.9 Å². The molecule has 0 saturated carbocycles. The molecular weight excluding hydrogens is 372 g/mol. The zero-order valence-corrected chi connectivity index (χ0v) is 18.4. The summed E-state index contributed by atoms with van der Waals surface area (Å²) in [6.07, 6.45) is 16.0. The van der Waals surface area contributed by atoms with E-state index in [1.54, 1.807) is 18.6 Å². The lowest BCUT2D eigenvalue weighted by Gasteiger charge is -2.34. The fraction of sp³-hybridized carbons (Fsp3) is 0.583. The molecule has 1 fully saturated rings. The van der Waals surface area contributed by atoms with Crippen molar-refractivity contribution in [3.05, 3.63) is 42.5 Å². The Morgan fingerprint density at radius 1 is 1.03 bits per heavy atom. The molecule has 0 N–H and O–H groups in total. The molecule has 0 amide bonds. The molecule has 0 aromatic carbocycles. The molecule has 1 saturated heterocycles. The van der Waals surface area contributed by atoms with Gasteiger partial charge >= 0.3 is 0 Å². The third-order valence-corrected chi connectivity index (χ3v) is 6.51. The van der Waals surface area contributed by atoms with Gasteiger partial charge in [0.25, 0.3) is 0 Å². The van der Waals surface area contributed by atoms with Gasteiger partial charge < -0.3 is 9.80 Å². The van der Waals surface area contributed by atoms with Crippen molar-refractivity contribution < 1.29 is 0 Å². The van der Waals surface area contributed by atoms with Crippen LogP contribution in [0.2, 0.25) is 0 Å². The van der Waals surface area contributed by atoms with Gasteiger partial charge in [0.05, 0.1) is 6.20 Å². The van der Waals surface area contributed by atoms with Crippen molar-refractivity contribution in [3.8, 4) is 11.5 Å². The van der Waals surface area contributed by atoms with E-state index in [0.29, 0.717) is 11.7 Å². The largest absolute Gasteiger partial charge is 0.357 e. The van der Waals surface area contributed by atoms with E-state index in [1.807, 2.05) is 0 Å². The number of anilines is 1. The first kappa shape index (κ1) is 20.9. The van der Waals surface area contributed by atoms with Crippen LogP contribution in [-0.2, 0) is 0 Å². The maximum absolute atomic E-state index is 4.95. The molecule has 2 aromatic heterocycles. The number of likely N-dealkylation sites (tertiary alicyclic amines) is 1. The molecular formula is C24H34N6. The number of piperidine rings is 1. The summed E-state index contributed by atoms with van der Waals surface area (Å²) in [6, 6.07) is 2.21. The van der Waals surface area contributed by atoms with Crippen molar-refractivity contribution >= 4 is 5.82 Å². The van der Waals surface area contributed by atoms with E-state index in [0.717, 1.165) is 62.1 Å². The van der Waals surface area contributed by atoms with Gasteiger partial charge in [-0.05, 0) is 65.0 Å². The van der Waals surface area contributed by atoms with Crippen LogP contribution in [-0.4, -0.2) is 57.6 Å². The second-order valence-corrected chi connectivity index (χ2v) is 8.46. The molecule has 6 nitrogen and oxygen atoms in total. The second kappa shape index (κ2) is 10.1. The van der Waals surface area contributed by atoms with Gasteiger partial charge in [-0.15, -0.1) is 0 Å². The zero-order chi connectivity index (χ0) is 20.8. The Morgan fingerprint density at radius 3 is 2.53 bits per heavy atom. The molecule has 4 rings (SSSR count). The number of hydrogen-bond donors (Lipinski definition) is 0. The monoisotopic (exact) mass is 406 g/mol. The van der Waals surface area contributed by atoms with Gasteiger partial charge in [0, 0.05) is 49.7 Å². The maximum atomic E-state index is 4.95. The minimum absolute atomic E-state index is 0.486.